The van der Waals surface area contributed by atoms with Crippen molar-refractivity contribution < 1.29 is 14.6 Å². The molecule has 5 heteroatoms. The Hall–Kier alpha value is -1.59. The van der Waals surface area contributed by atoms with E-state index in [0.717, 1.165) is 37.5 Å². The number of rotatable bonds is 5. The van der Waals surface area contributed by atoms with Gasteiger partial charge in [0.2, 0.25) is 0 Å². The van der Waals surface area contributed by atoms with E-state index < -0.39 is 12.0 Å². The van der Waals surface area contributed by atoms with Crippen LogP contribution in [0.2, 0.25) is 0 Å². The SMILES string of the molecule is COc1ccc(CC(C(=O)O)N2CCN(C)CC2)cc1. The normalized spacial score (nSPS) is 18.7. The Morgan fingerprint density at radius 2 is 1.85 bits per heavy atom. The van der Waals surface area contributed by atoms with Crippen LogP contribution >= 0.6 is 0 Å². The lowest BCUT2D eigenvalue weighted by atomic mass is 10.0. The minimum atomic E-state index is -0.745. The summed E-state index contributed by atoms with van der Waals surface area (Å²) in [5.41, 5.74) is 1.03. The monoisotopic (exact) mass is 278 g/mol. The summed E-state index contributed by atoms with van der Waals surface area (Å²) >= 11 is 0. The van der Waals surface area contributed by atoms with Gasteiger partial charge in [0.05, 0.1) is 7.11 Å². The predicted octanol–water partition coefficient (Wildman–Crippen LogP) is 0.938. The van der Waals surface area contributed by atoms with Crippen molar-refractivity contribution in [1.82, 2.24) is 9.80 Å². The van der Waals surface area contributed by atoms with E-state index in [1.807, 2.05) is 24.3 Å². The molecule has 1 heterocycles. The van der Waals surface area contributed by atoms with Crippen LogP contribution in [0.5, 0.6) is 5.75 Å². The third-order valence-electron chi connectivity index (χ3n) is 3.85. The number of nitrogens with zero attached hydrogens (tertiary/aromatic N) is 2. The van der Waals surface area contributed by atoms with Crippen molar-refractivity contribution in [3.8, 4) is 5.75 Å². The summed E-state index contributed by atoms with van der Waals surface area (Å²) in [6.45, 7) is 3.46. The van der Waals surface area contributed by atoms with Gasteiger partial charge < -0.3 is 14.7 Å². The first-order valence-electron chi connectivity index (χ1n) is 6.88. The van der Waals surface area contributed by atoms with Crippen LogP contribution in [-0.2, 0) is 11.2 Å². The highest BCUT2D eigenvalue weighted by molar-refractivity contribution is 5.74. The summed E-state index contributed by atoms with van der Waals surface area (Å²) in [7, 11) is 3.69. The largest absolute Gasteiger partial charge is 0.497 e. The Morgan fingerprint density at radius 3 is 2.35 bits per heavy atom. The average Bonchev–Trinajstić information content (AvgIpc) is 2.46. The van der Waals surface area contributed by atoms with E-state index in [4.69, 9.17) is 4.74 Å². The maximum Gasteiger partial charge on any atom is 0.321 e. The minimum Gasteiger partial charge on any atom is -0.497 e. The zero-order chi connectivity index (χ0) is 14.5. The molecule has 110 valence electrons. The molecule has 1 N–H and O–H groups in total. The molecule has 20 heavy (non-hydrogen) atoms. The van der Waals surface area contributed by atoms with Crippen LogP contribution in [0.25, 0.3) is 0 Å². The first kappa shape index (κ1) is 14.8. The summed E-state index contributed by atoms with van der Waals surface area (Å²) in [4.78, 5) is 15.8. The average molecular weight is 278 g/mol. The van der Waals surface area contributed by atoms with Crippen molar-refractivity contribution in [1.29, 1.82) is 0 Å². The van der Waals surface area contributed by atoms with Gasteiger partial charge in [-0.05, 0) is 31.2 Å². The van der Waals surface area contributed by atoms with Crippen LogP contribution in [0.4, 0.5) is 0 Å². The van der Waals surface area contributed by atoms with Gasteiger partial charge in [-0.3, -0.25) is 9.69 Å². The van der Waals surface area contributed by atoms with Gasteiger partial charge in [0.15, 0.2) is 0 Å². The summed E-state index contributed by atoms with van der Waals surface area (Å²) < 4.78 is 5.12. The second-order valence-electron chi connectivity index (χ2n) is 5.25. The van der Waals surface area contributed by atoms with Crippen LogP contribution in [-0.4, -0.2) is 67.3 Å². The highest BCUT2D eigenvalue weighted by atomic mass is 16.5. The van der Waals surface area contributed by atoms with Gasteiger partial charge in [-0.15, -0.1) is 0 Å². The first-order valence-corrected chi connectivity index (χ1v) is 6.88. The molecule has 1 fully saturated rings. The van der Waals surface area contributed by atoms with Gasteiger partial charge in [-0.2, -0.15) is 0 Å². The first-order chi connectivity index (χ1) is 9.60. The molecule has 5 nitrogen and oxygen atoms in total. The molecular weight excluding hydrogens is 256 g/mol. The summed E-state index contributed by atoms with van der Waals surface area (Å²) in [5, 5.41) is 9.47. The molecule has 0 bridgehead atoms. The molecule has 0 aliphatic carbocycles. The fourth-order valence-electron chi connectivity index (χ4n) is 2.49. The number of aliphatic carboxylic acids is 1. The summed E-state index contributed by atoms with van der Waals surface area (Å²) in [6.07, 6.45) is 0.531. The van der Waals surface area contributed by atoms with Crippen molar-refractivity contribution in [3.63, 3.8) is 0 Å². The van der Waals surface area contributed by atoms with Gasteiger partial charge in [0.25, 0.3) is 0 Å². The number of hydrogen-bond donors (Lipinski definition) is 1. The number of piperazine rings is 1. The number of likely N-dealkylation sites (N-methyl/N-ethyl adjacent to an activating group) is 1. The van der Waals surface area contributed by atoms with Gasteiger partial charge in [-0.1, -0.05) is 12.1 Å². The Labute approximate surface area is 119 Å². The van der Waals surface area contributed by atoms with E-state index >= 15 is 0 Å². The maximum atomic E-state index is 11.5. The van der Waals surface area contributed by atoms with Crippen LogP contribution in [0.1, 0.15) is 5.56 Å². The zero-order valence-electron chi connectivity index (χ0n) is 12.1. The second kappa shape index (κ2) is 6.72. The van der Waals surface area contributed by atoms with E-state index in [1.165, 1.54) is 0 Å². The number of ether oxygens (including phenoxy) is 1. The summed E-state index contributed by atoms with van der Waals surface area (Å²) in [6, 6.07) is 7.17. The Balaban J connectivity index is 2.03. The van der Waals surface area contributed by atoms with E-state index in [0.29, 0.717) is 6.42 Å². The zero-order valence-corrected chi connectivity index (χ0v) is 12.1. The van der Waals surface area contributed by atoms with Crippen LogP contribution in [0.15, 0.2) is 24.3 Å². The lowest BCUT2D eigenvalue weighted by Crippen LogP contribution is -2.52. The van der Waals surface area contributed by atoms with E-state index in [-0.39, 0.29) is 0 Å². The van der Waals surface area contributed by atoms with E-state index in [9.17, 15) is 9.90 Å². The molecule has 0 spiro atoms. The Morgan fingerprint density at radius 1 is 1.25 bits per heavy atom. The number of benzene rings is 1. The molecule has 1 aromatic carbocycles. The fraction of sp³-hybridized carbons (Fsp3) is 0.533. The quantitative estimate of drug-likeness (QED) is 0.868. The number of carboxylic acids is 1. The van der Waals surface area contributed by atoms with Gasteiger partial charge in [0, 0.05) is 26.2 Å². The molecule has 1 atom stereocenters. The Kier molecular flexibility index (Phi) is 4.98. The van der Waals surface area contributed by atoms with Crippen LogP contribution in [0.3, 0.4) is 0 Å². The standard InChI is InChI=1S/C15H22N2O3/c1-16-7-9-17(10-8-16)14(15(18)19)11-12-3-5-13(20-2)6-4-12/h3-6,14H,7-11H2,1-2H3,(H,18,19). The highest BCUT2D eigenvalue weighted by Crippen LogP contribution is 2.16. The lowest BCUT2D eigenvalue weighted by Gasteiger charge is -2.36. The van der Waals surface area contributed by atoms with Crippen molar-refractivity contribution in [2.24, 2.45) is 0 Å². The summed E-state index contributed by atoms with van der Waals surface area (Å²) in [5.74, 6) is 0.0468. The molecule has 1 aromatic rings. The van der Waals surface area contributed by atoms with Crippen molar-refractivity contribution in [3.05, 3.63) is 29.8 Å². The topological polar surface area (TPSA) is 53.0 Å². The minimum absolute atomic E-state index is 0.447. The molecule has 1 saturated heterocycles. The third-order valence-corrected chi connectivity index (χ3v) is 3.85. The molecule has 0 radical (unpaired) electrons. The van der Waals surface area contributed by atoms with Gasteiger partial charge >= 0.3 is 5.97 Å². The number of carboxylic acid groups (broad SMARTS) is 1. The van der Waals surface area contributed by atoms with E-state index in [1.54, 1.807) is 7.11 Å². The van der Waals surface area contributed by atoms with Crippen molar-refractivity contribution in [2.75, 3.05) is 40.3 Å². The predicted molar refractivity (Wildman–Crippen MR) is 77.2 cm³/mol. The number of carbonyl (C=O) groups is 1. The molecule has 1 aliphatic rings. The molecule has 0 aromatic heterocycles. The van der Waals surface area contributed by atoms with Crippen LogP contribution in [0, 0.1) is 0 Å². The maximum absolute atomic E-state index is 11.5. The molecule has 1 unspecified atom stereocenters. The van der Waals surface area contributed by atoms with Gasteiger partial charge in [0.1, 0.15) is 11.8 Å². The number of methoxy groups -OCH3 is 1. The molecule has 0 saturated carbocycles. The Bertz CT molecular complexity index is 439. The smallest absolute Gasteiger partial charge is 0.321 e. The van der Waals surface area contributed by atoms with Crippen molar-refractivity contribution in [2.45, 2.75) is 12.5 Å². The third kappa shape index (κ3) is 3.71. The molecule has 2 rings (SSSR count). The molecule has 0 amide bonds. The van der Waals surface area contributed by atoms with E-state index in [2.05, 4.69) is 16.8 Å². The molecular formula is C15H22N2O3. The highest BCUT2D eigenvalue weighted by Gasteiger charge is 2.28. The van der Waals surface area contributed by atoms with Crippen molar-refractivity contribution >= 4 is 5.97 Å². The fourth-order valence-corrected chi connectivity index (χ4v) is 2.49. The van der Waals surface area contributed by atoms with Crippen LogP contribution < -0.4 is 4.74 Å². The number of hydrogen-bond acceptors (Lipinski definition) is 4. The van der Waals surface area contributed by atoms with Gasteiger partial charge in [-0.25, -0.2) is 0 Å². The second-order valence-corrected chi connectivity index (χ2v) is 5.25. The molecule has 1 aliphatic heterocycles. The lowest BCUT2D eigenvalue weighted by molar-refractivity contribution is -0.144.